The van der Waals surface area contributed by atoms with Gasteiger partial charge in [0, 0.05) is 5.92 Å². The minimum absolute atomic E-state index is 0.396. The zero-order valence-electron chi connectivity index (χ0n) is 8.89. The molecule has 0 saturated carbocycles. The summed E-state index contributed by atoms with van der Waals surface area (Å²) in [5.74, 6) is -3.13. The van der Waals surface area contributed by atoms with E-state index in [2.05, 4.69) is 0 Å². The summed E-state index contributed by atoms with van der Waals surface area (Å²) in [6.45, 7) is 0.853. The van der Waals surface area contributed by atoms with E-state index in [0.29, 0.717) is 0 Å². The molecule has 7 nitrogen and oxygen atoms in total. The first-order valence-electron chi connectivity index (χ1n) is 5.06. The first-order chi connectivity index (χ1) is 7.28. The molecule has 0 radical (unpaired) electrons. The van der Waals surface area contributed by atoms with Crippen LogP contribution < -0.4 is 0 Å². The van der Waals surface area contributed by atoms with Crippen molar-refractivity contribution in [1.82, 2.24) is 0 Å². The first-order valence-corrected chi connectivity index (χ1v) is 5.06. The van der Waals surface area contributed by atoms with E-state index in [4.69, 9.17) is 9.84 Å². The normalized spacial score (nSPS) is 38.1. The molecule has 0 spiro atoms. The lowest BCUT2D eigenvalue weighted by molar-refractivity contribution is -0.401. The Labute approximate surface area is 92.5 Å². The molecule has 1 unspecified atom stereocenters. The van der Waals surface area contributed by atoms with Crippen molar-refractivity contribution in [3.63, 3.8) is 0 Å². The third-order valence-electron chi connectivity index (χ3n) is 2.84. The molecule has 1 heterocycles. The second kappa shape index (κ2) is 4.92. The Morgan fingerprint density at radius 2 is 1.94 bits per heavy atom. The highest BCUT2D eigenvalue weighted by Crippen LogP contribution is 2.31. The van der Waals surface area contributed by atoms with Gasteiger partial charge < -0.3 is 35.4 Å². The lowest BCUT2D eigenvalue weighted by Crippen LogP contribution is -2.57. The number of aliphatic hydroxyl groups excluding tert-OH is 4. The van der Waals surface area contributed by atoms with Crippen LogP contribution in [0.25, 0.3) is 0 Å². The van der Waals surface area contributed by atoms with E-state index in [1.807, 2.05) is 0 Å². The number of hydrogen-bond acceptors (Lipinski definition) is 7. The van der Waals surface area contributed by atoms with Crippen LogP contribution >= 0.6 is 0 Å². The molecule has 0 bridgehead atoms. The molecule has 16 heavy (non-hydrogen) atoms. The molecule has 7 heteroatoms. The van der Waals surface area contributed by atoms with Crippen molar-refractivity contribution in [3.05, 3.63) is 0 Å². The van der Waals surface area contributed by atoms with E-state index in [0.717, 1.165) is 0 Å². The molecule has 1 aliphatic rings. The number of aliphatic hydroxyl groups is 6. The molecule has 0 aromatic carbocycles. The lowest BCUT2D eigenvalue weighted by Gasteiger charge is -2.42. The van der Waals surface area contributed by atoms with Crippen LogP contribution in [0.4, 0.5) is 0 Å². The summed E-state index contributed by atoms with van der Waals surface area (Å²) < 4.78 is 4.77. The smallest absolute Gasteiger partial charge is 0.280 e. The SMILES string of the molecule is C[C@H]1C([C@H](O)[C@@H](O)CO)OC(O)(O)C[C@@H]1O. The van der Waals surface area contributed by atoms with Crippen LogP contribution in [0.2, 0.25) is 0 Å². The van der Waals surface area contributed by atoms with Gasteiger partial charge in [-0.05, 0) is 0 Å². The topological polar surface area (TPSA) is 131 Å². The fraction of sp³-hybridized carbons (Fsp3) is 1.00. The lowest BCUT2D eigenvalue weighted by atomic mass is 9.87. The number of ether oxygens (including phenoxy) is 1. The maximum Gasteiger partial charge on any atom is 0.280 e. The molecule has 0 aromatic heterocycles. The summed E-state index contributed by atoms with van der Waals surface area (Å²) in [5.41, 5.74) is 0. The van der Waals surface area contributed by atoms with Crippen molar-refractivity contribution in [2.75, 3.05) is 6.61 Å². The van der Waals surface area contributed by atoms with E-state index in [-0.39, 0.29) is 0 Å². The highest BCUT2D eigenvalue weighted by Gasteiger charge is 2.46. The Morgan fingerprint density at radius 3 is 2.44 bits per heavy atom. The Morgan fingerprint density at radius 1 is 1.38 bits per heavy atom. The summed E-state index contributed by atoms with van der Waals surface area (Å²) >= 11 is 0. The van der Waals surface area contributed by atoms with E-state index in [1.54, 1.807) is 0 Å². The second-order valence-corrected chi connectivity index (χ2v) is 4.20. The minimum Gasteiger partial charge on any atom is -0.394 e. The Balaban J connectivity index is 2.77. The predicted octanol–water partition coefficient (Wildman–Crippen LogP) is -2.88. The van der Waals surface area contributed by atoms with Gasteiger partial charge in [-0.3, -0.25) is 0 Å². The molecule has 6 N–H and O–H groups in total. The van der Waals surface area contributed by atoms with Crippen molar-refractivity contribution in [2.24, 2.45) is 5.92 Å². The zero-order chi connectivity index (χ0) is 12.5. The summed E-state index contributed by atoms with van der Waals surface area (Å²) in [6, 6.07) is 0. The molecule has 0 amide bonds. The molecular weight excluding hydrogens is 220 g/mol. The van der Waals surface area contributed by atoms with Gasteiger partial charge in [0.2, 0.25) is 0 Å². The number of rotatable bonds is 3. The second-order valence-electron chi connectivity index (χ2n) is 4.20. The van der Waals surface area contributed by atoms with Crippen molar-refractivity contribution in [3.8, 4) is 0 Å². The maximum absolute atomic E-state index is 9.59. The van der Waals surface area contributed by atoms with Gasteiger partial charge in [0.25, 0.3) is 5.97 Å². The molecule has 1 rings (SSSR count). The standard InChI is InChI=1S/C9H18O7/c1-4-5(11)2-9(14,15)16-8(4)7(13)6(12)3-10/h4-8,10-15H,2-3H2,1H3/t4-,5+,6+,7-,8?/m1/s1. The van der Waals surface area contributed by atoms with Gasteiger partial charge in [0.15, 0.2) is 0 Å². The molecule has 1 fully saturated rings. The quantitative estimate of drug-likeness (QED) is 0.291. The molecule has 5 atom stereocenters. The molecule has 1 saturated heterocycles. The third kappa shape index (κ3) is 2.89. The van der Waals surface area contributed by atoms with Crippen molar-refractivity contribution in [2.45, 2.75) is 43.7 Å². The van der Waals surface area contributed by atoms with Crippen LogP contribution in [0.15, 0.2) is 0 Å². The summed E-state index contributed by atoms with van der Waals surface area (Å²) in [7, 11) is 0. The highest BCUT2D eigenvalue weighted by molar-refractivity contribution is 4.89. The molecule has 1 aliphatic heterocycles. The van der Waals surface area contributed by atoms with Gasteiger partial charge in [-0.15, -0.1) is 0 Å². The summed E-state index contributed by atoms with van der Waals surface area (Å²) in [4.78, 5) is 0. The molecule has 0 aliphatic carbocycles. The summed E-state index contributed by atoms with van der Waals surface area (Å²) in [5, 5.41) is 55.5. The summed E-state index contributed by atoms with van der Waals surface area (Å²) in [6.07, 6.45) is -5.61. The molecule has 0 aromatic rings. The fourth-order valence-electron chi connectivity index (χ4n) is 1.76. The first kappa shape index (κ1) is 13.8. The van der Waals surface area contributed by atoms with E-state index in [1.165, 1.54) is 6.92 Å². The van der Waals surface area contributed by atoms with Gasteiger partial charge >= 0.3 is 0 Å². The van der Waals surface area contributed by atoms with Crippen LogP contribution in [0.3, 0.4) is 0 Å². The van der Waals surface area contributed by atoms with Gasteiger partial charge in [-0.1, -0.05) is 6.92 Å². The van der Waals surface area contributed by atoms with E-state index in [9.17, 15) is 25.5 Å². The van der Waals surface area contributed by atoms with Gasteiger partial charge in [-0.2, -0.15) is 0 Å². The maximum atomic E-state index is 9.59. The largest absolute Gasteiger partial charge is 0.394 e. The van der Waals surface area contributed by atoms with E-state index < -0.39 is 49.3 Å². The Bertz CT molecular complexity index is 232. The van der Waals surface area contributed by atoms with Crippen molar-refractivity contribution in [1.29, 1.82) is 0 Å². The van der Waals surface area contributed by atoms with Crippen molar-refractivity contribution < 1.29 is 35.4 Å². The predicted molar refractivity (Wildman–Crippen MR) is 50.9 cm³/mol. The Hall–Kier alpha value is -0.280. The Kier molecular flexibility index (Phi) is 4.24. The van der Waals surface area contributed by atoms with Crippen LogP contribution in [0.5, 0.6) is 0 Å². The van der Waals surface area contributed by atoms with Crippen LogP contribution in [0.1, 0.15) is 13.3 Å². The van der Waals surface area contributed by atoms with Crippen molar-refractivity contribution >= 4 is 0 Å². The van der Waals surface area contributed by atoms with E-state index >= 15 is 0 Å². The number of hydrogen-bond donors (Lipinski definition) is 6. The highest BCUT2D eigenvalue weighted by atomic mass is 16.8. The average molecular weight is 238 g/mol. The van der Waals surface area contributed by atoms with Gasteiger partial charge in [0.1, 0.15) is 12.2 Å². The molecule has 96 valence electrons. The monoisotopic (exact) mass is 238 g/mol. The van der Waals surface area contributed by atoms with Crippen LogP contribution in [-0.4, -0.2) is 67.6 Å². The van der Waals surface area contributed by atoms with Gasteiger partial charge in [-0.25, -0.2) is 0 Å². The van der Waals surface area contributed by atoms with Crippen LogP contribution in [-0.2, 0) is 4.74 Å². The average Bonchev–Trinajstić information content (AvgIpc) is 2.20. The third-order valence-corrected chi connectivity index (χ3v) is 2.84. The molecular formula is C9H18O7. The zero-order valence-corrected chi connectivity index (χ0v) is 8.89. The van der Waals surface area contributed by atoms with Crippen LogP contribution in [0, 0.1) is 5.92 Å². The van der Waals surface area contributed by atoms with Gasteiger partial charge in [0.05, 0.1) is 25.2 Å². The fourth-order valence-corrected chi connectivity index (χ4v) is 1.76. The minimum atomic E-state index is -2.53.